The van der Waals surface area contributed by atoms with Gasteiger partial charge in [0.15, 0.2) is 11.5 Å². The minimum atomic E-state index is -4.42. The molecule has 1 aliphatic heterocycles. The third-order valence-corrected chi connectivity index (χ3v) is 6.50. The molecule has 192 valence electrons. The van der Waals surface area contributed by atoms with Crippen molar-refractivity contribution in [2.45, 2.75) is 12.8 Å². The molecule has 1 N–H and O–H groups in total. The average Bonchev–Trinajstić information content (AvgIpc) is 3.38. The Hall–Kier alpha value is -3.15. The predicted molar refractivity (Wildman–Crippen MR) is 129 cm³/mol. The van der Waals surface area contributed by atoms with Crippen LogP contribution in [0.2, 0.25) is 0 Å². The van der Waals surface area contributed by atoms with E-state index in [1.54, 1.807) is 29.6 Å². The van der Waals surface area contributed by atoms with E-state index in [-0.39, 0.29) is 12.5 Å². The van der Waals surface area contributed by atoms with Crippen LogP contribution < -0.4 is 14.8 Å². The number of amides is 1. The van der Waals surface area contributed by atoms with Gasteiger partial charge in [0.1, 0.15) is 17.3 Å². The molecule has 1 aromatic heterocycles. The van der Waals surface area contributed by atoms with E-state index in [9.17, 15) is 18.0 Å². The largest absolute Gasteiger partial charge is 0.493 e. The number of aromatic nitrogens is 1. The van der Waals surface area contributed by atoms with Crippen LogP contribution in [0.4, 0.5) is 13.2 Å². The topological polar surface area (TPSA) is 72.9 Å². The highest BCUT2D eigenvalue weighted by molar-refractivity contribution is 7.13. The summed E-state index contributed by atoms with van der Waals surface area (Å²) in [7, 11) is 1.48. The van der Waals surface area contributed by atoms with E-state index in [2.05, 4.69) is 15.2 Å². The Kier molecular flexibility index (Phi) is 8.44. The first-order valence-corrected chi connectivity index (χ1v) is 12.2. The number of methoxy groups -OCH3 is 1. The Morgan fingerprint density at radius 1 is 1.17 bits per heavy atom. The summed E-state index contributed by atoms with van der Waals surface area (Å²) in [6.45, 7) is 4.37. The Bertz CT molecular complexity index is 1180. The molecule has 0 spiro atoms. The van der Waals surface area contributed by atoms with E-state index < -0.39 is 11.7 Å². The van der Waals surface area contributed by atoms with Gasteiger partial charge in [-0.15, -0.1) is 11.3 Å². The number of ether oxygens (including phenoxy) is 3. The van der Waals surface area contributed by atoms with Gasteiger partial charge in [0.2, 0.25) is 0 Å². The van der Waals surface area contributed by atoms with Gasteiger partial charge in [-0.1, -0.05) is 12.1 Å². The van der Waals surface area contributed by atoms with Crippen LogP contribution in [0.25, 0.3) is 10.6 Å². The van der Waals surface area contributed by atoms with E-state index in [1.165, 1.54) is 24.5 Å². The first-order valence-electron chi connectivity index (χ1n) is 11.3. The van der Waals surface area contributed by atoms with Gasteiger partial charge >= 0.3 is 6.18 Å². The molecule has 4 rings (SSSR count). The number of carbonyl (C=O) groups excluding carboxylic acids is 1. The van der Waals surface area contributed by atoms with Gasteiger partial charge in [0, 0.05) is 37.1 Å². The number of thiazole rings is 1. The van der Waals surface area contributed by atoms with Crippen LogP contribution >= 0.6 is 11.3 Å². The monoisotopic (exact) mass is 521 g/mol. The van der Waals surface area contributed by atoms with Crippen LogP contribution in [-0.2, 0) is 17.5 Å². The zero-order valence-electron chi connectivity index (χ0n) is 19.6. The van der Waals surface area contributed by atoms with Crippen molar-refractivity contribution in [3.8, 4) is 22.1 Å². The maximum Gasteiger partial charge on any atom is 0.416 e. The van der Waals surface area contributed by atoms with Crippen LogP contribution in [0, 0.1) is 0 Å². The quantitative estimate of drug-likeness (QED) is 0.448. The third kappa shape index (κ3) is 6.74. The van der Waals surface area contributed by atoms with E-state index in [0.29, 0.717) is 47.5 Å². The average molecular weight is 522 g/mol. The molecule has 0 atom stereocenters. The van der Waals surface area contributed by atoms with E-state index in [4.69, 9.17) is 14.2 Å². The Labute approximate surface area is 210 Å². The zero-order chi connectivity index (χ0) is 25.5. The van der Waals surface area contributed by atoms with E-state index in [1.807, 2.05) is 0 Å². The molecular weight excluding hydrogens is 495 g/mol. The number of hydrogen-bond donors (Lipinski definition) is 1. The Balaban J connectivity index is 1.37. The lowest BCUT2D eigenvalue weighted by molar-refractivity contribution is -0.137. The summed E-state index contributed by atoms with van der Waals surface area (Å²) in [4.78, 5) is 19.2. The number of halogens is 3. The Morgan fingerprint density at radius 2 is 1.97 bits per heavy atom. The van der Waals surface area contributed by atoms with Crippen molar-refractivity contribution in [1.82, 2.24) is 15.2 Å². The number of nitrogens with zero attached hydrogens (tertiary/aromatic N) is 2. The van der Waals surface area contributed by atoms with Crippen molar-refractivity contribution in [3.63, 3.8) is 0 Å². The van der Waals surface area contributed by atoms with Gasteiger partial charge in [-0.3, -0.25) is 9.69 Å². The highest BCUT2D eigenvalue weighted by Crippen LogP contribution is 2.35. The molecule has 1 saturated heterocycles. The van der Waals surface area contributed by atoms with Crippen LogP contribution in [0.15, 0.2) is 47.8 Å². The van der Waals surface area contributed by atoms with Crippen LogP contribution in [-0.4, -0.2) is 62.3 Å². The van der Waals surface area contributed by atoms with Crippen LogP contribution in [0.1, 0.15) is 21.6 Å². The smallest absolute Gasteiger partial charge is 0.416 e. The molecule has 7 nitrogen and oxygen atoms in total. The predicted octanol–water partition coefficient (Wildman–Crippen LogP) is 4.48. The van der Waals surface area contributed by atoms with Crippen molar-refractivity contribution in [3.05, 3.63) is 64.7 Å². The second kappa shape index (κ2) is 11.7. The molecule has 2 aromatic carbocycles. The minimum absolute atomic E-state index is 0.0499. The molecule has 3 aromatic rings. The SMILES string of the molecule is COc1cc(-c2nc(C(=O)NCCN3CCOCC3)cs2)ccc1OCc1cccc(C(F)(F)F)c1. The molecule has 0 unspecified atom stereocenters. The summed E-state index contributed by atoms with van der Waals surface area (Å²) < 4.78 is 55.3. The molecule has 1 amide bonds. The summed E-state index contributed by atoms with van der Waals surface area (Å²) in [6, 6.07) is 10.2. The van der Waals surface area contributed by atoms with Crippen molar-refractivity contribution >= 4 is 17.2 Å². The summed E-state index contributed by atoms with van der Waals surface area (Å²) >= 11 is 1.33. The van der Waals surface area contributed by atoms with Crippen LogP contribution in [0.5, 0.6) is 11.5 Å². The van der Waals surface area contributed by atoms with Crippen LogP contribution in [0.3, 0.4) is 0 Å². The lowest BCUT2D eigenvalue weighted by atomic mass is 10.1. The molecule has 0 radical (unpaired) electrons. The number of morpholine rings is 1. The fraction of sp³-hybridized carbons (Fsp3) is 0.360. The fourth-order valence-corrected chi connectivity index (χ4v) is 4.47. The first kappa shape index (κ1) is 25.9. The van der Waals surface area contributed by atoms with Gasteiger partial charge < -0.3 is 19.5 Å². The second-order valence-corrected chi connectivity index (χ2v) is 8.96. The summed E-state index contributed by atoms with van der Waals surface area (Å²) in [5.41, 5.74) is 0.729. The zero-order valence-corrected chi connectivity index (χ0v) is 20.5. The molecule has 0 aliphatic carbocycles. The fourth-order valence-electron chi connectivity index (χ4n) is 3.67. The summed E-state index contributed by atoms with van der Waals surface area (Å²) in [6.07, 6.45) is -4.42. The number of alkyl halides is 3. The highest BCUT2D eigenvalue weighted by Gasteiger charge is 2.30. The second-order valence-electron chi connectivity index (χ2n) is 8.10. The van der Waals surface area contributed by atoms with Gasteiger partial charge in [-0.2, -0.15) is 13.2 Å². The van der Waals surface area contributed by atoms with Gasteiger partial charge in [-0.25, -0.2) is 4.98 Å². The number of rotatable bonds is 9. The van der Waals surface area contributed by atoms with Crippen molar-refractivity contribution in [2.24, 2.45) is 0 Å². The molecular formula is C25H26F3N3O4S. The van der Waals surface area contributed by atoms with E-state index >= 15 is 0 Å². The Morgan fingerprint density at radius 3 is 2.72 bits per heavy atom. The van der Waals surface area contributed by atoms with Gasteiger partial charge in [0.25, 0.3) is 5.91 Å². The van der Waals surface area contributed by atoms with Crippen molar-refractivity contribution < 1.29 is 32.2 Å². The summed E-state index contributed by atoms with van der Waals surface area (Å²) in [5.74, 6) is 0.557. The summed E-state index contributed by atoms with van der Waals surface area (Å²) in [5, 5.41) is 5.23. The first-order chi connectivity index (χ1) is 17.3. The van der Waals surface area contributed by atoms with Gasteiger partial charge in [0.05, 0.1) is 25.9 Å². The molecule has 36 heavy (non-hydrogen) atoms. The third-order valence-electron chi connectivity index (χ3n) is 5.61. The number of carbonyl (C=O) groups is 1. The highest BCUT2D eigenvalue weighted by atomic mass is 32.1. The molecule has 0 bridgehead atoms. The van der Waals surface area contributed by atoms with Crippen molar-refractivity contribution in [2.75, 3.05) is 46.5 Å². The number of hydrogen-bond acceptors (Lipinski definition) is 7. The van der Waals surface area contributed by atoms with Gasteiger partial charge in [-0.05, 0) is 35.9 Å². The van der Waals surface area contributed by atoms with E-state index in [0.717, 1.165) is 37.3 Å². The maximum absolute atomic E-state index is 12.9. The standard InChI is InChI=1S/C25H26F3N3O4S/c1-33-22-14-18(5-6-21(22)35-15-17-3-2-4-19(13-17)25(26,27)28)24-30-20(16-36-24)23(32)29-7-8-31-9-11-34-12-10-31/h2-6,13-14,16H,7-12,15H2,1H3,(H,29,32). The van der Waals surface area contributed by atoms with Crippen molar-refractivity contribution in [1.29, 1.82) is 0 Å². The molecule has 0 saturated carbocycles. The number of nitrogens with one attached hydrogen (secondary N) is 1. The molecule has 1 aliphatic rings. The normalized spacial score (nSPS) is 14.4. The molecule has 1 fully saturated rings. The number of benzene rings is 2. The maximum atomic E-state index is 12.9. The molecule has 2 heterocycles. The lowest BCUT2D eigenvalue weighted by Crippen LogP contribution is -2.41. The minimum Gasteiger partial charge on any atom is -0.493 e. The molecule has 11 heteroatoms. The lowest BCUT2D eigenvalue weighted by Gasteiger charge is -2.26.